The summed E-state index contributed by atoms with van der Waals surface area (Å²) in [4.78, 5) is 4.51. The average molecular weight is 491 g/mol. The van der Waals surface area contributed by atoms with Gasteiger partial charge in [-0.25, -0.2) is 4.99 Å². The lowest BCUT2D eigenvalue weighted by atomic mass is 10.2. The fourth-order valence-electron chi connectivity index (χ4n) is 2.31. The van der Waals surface area contributed by atoms with Gasteiger partial charge < -0.3 is 20.1 Å². The topological polar surface area (TPSA) is 54.9 Å². The first-order chi connectivity index (χ1) is 12.6. The number of hydrogen-bond donors (Lipinski definition) is 2. The van der Waals surface area contributed by atoms with Crippen LogP contribution in [0.5, 0.6) is 11.5 Å². The monoisotopic (exact) mass is 491 g/mol. The molecule has 0 spiro atoms. The Morgan fingerprint density at radius 1 is 1.11 bits per heavy atom. The molecule has 5 nitrogen and oxygen atoms in total. The SMILES string of the molecule is CCNC(=NCc1ccccc1)NCc1cc(OC)ccc1OC(F)F.I. The third-order valence-electron chi connectivity index (χ3n) is 3.54. The number of nitrogens with one attached hydrogen (secondary N) is 2. The first-order valence-electron chi connectivity index (χ1n) is 8.30. The standard InChI is InChI=1S/C19H23F2N3O2.HI/c1-3-22-19(23-12-14-7-5-4-6-8-14)24-13-15-11-16(25-2)9-10-17(15)26-18(20)21;/h4-11,18H,3,12-13H2,1-2H3,(H2,22,23,24);1H. The maximum atomic E-state index is 12.6. The fraction of sp³-hybridized carbons (Fsp3) is 0.316. The van der Waals surface area contributed by atoms with Gasteiger partial charge in [-0.1, -0.05) is 30.3 Å². The number of methoxy groups -OCH3 is 1. The van der Waals surface area contributed by atoms with Gasteiger partial charge in [-0.05, 0) is 30.7 Å². The number of ether oxygens (including phenoxy) is 2. The first-order valence-corrected chi connectivity index (χ1v) is 8.30. The highest BCUT2D eigenvalue weighted by Crippen LogP contribution is 2.25. The molecule has 2 aromatic carbocycles. The molecule has 0 saturated heterocycles. The Hall–Kier alpha value is -2.10. The average Bonchev–Trinajstić information content (AvgIpc) is 2.65. The molecule has 0 fully saturated rings. The van der Waals surface area contributed by atoms with Crippen molar-refractivity contribution in [3.8, 4) is 11.5 Å². The summed E-state index contributed by atoms with van der Waals surface area (Å²) in [5.41, 5.74) is 1.63. The van der Waals surface area contributed by atoms with Gasteiger partial charge in [-0.2, -0.15) is 8.78 Å². The smallest absolute Gasteiger partial charge is 0.387 e. The van der Waals surface area contributed by atoms with Crippen molar-refractivity contribution in [1.82, 2.24) is 10.6 Å². The van der Waals surface area contributed by atoms with Crippen LogP contribution in [0, 0.1) is 0 Å². The summed E-state index contributed by atoms with van der Waals surface area (Å²) in [7, 11) is 1.52. The molecule has 2 rings (SSSR count). The molecule has 0 bridgehead atoms. The van der Waals surface area contributed by atoms with Crippen molar-refractivity contribution in [1.29, 1.82) is 0 Å². The molecule has 2 N–H and O–H groups in total. The maximum Gasteiger partial charge on any atom is 0.387 e. The van der Waals surface area contributed by atoms with Crippen LogP contribution >= 0.6 is 24.0 Å². The summed E-state index contributed by atoms with van der Waals surface area (Å²) in [5.74, 6) is 1.25. The molecule has 0 aliphatic carbocycles. The van der Waals surface area contributed by atoms with Gasteiger partial charge in [0.25, 0.3) is 0 Å². The predicted molar refractivity (Wildman–Crippen MR) is 113 cm³/mol. The first kappa shape index (κ1) is 22.9. The van der Waals surface area contributed by atoms with Gasteiger partial charge in [0, 0.05) is 18.7 Å². The van der Waals surface area contributed by atoms with Crippen LogP contribution in [-0.2, 0) is 13.1 Å². The summed E-state index contributed by atoms with van der Waals surface area (Å²) in [6, 6.07) is 14.5. The predicted octanol–water partition coefficient (Wildman–Crippen LogP) is 4.17. The van der Waals surface area contributed by atoms with E-state index in [1.165, 1.54) is 13.2 Å². The van der Waals surface area contributed by atoms with E-state index < -0.39 is 6.61 Å². The summed E-state index contributed by atoms with van der Waals surface area (Å²) in [6.07, 6.45) is 0. The Labute approximate surface area is 175 Å². The lowest BCUT2D eigenvalue weighted by Gasteiger charge is -2.15. The third-order valence-corrected chi connectivity index (χ3v) is 3.54. The van der Waals surface area contributed by atoms with E-state index in [0.29, 0.717) is 30.4 Å². The fourth-order valence-corrected chi connectivity index (χ4v) is 2.31. The summed E-state index contributed by atoms with van der Waals surface area (Å²) in [6.45, 7) is 0.520. The van der Waals surface area contributed by atoms with E-state index in [9.17, 15) is 8.78 Å². The second-order valence-corrected chi connectivity index (χ2v) is 5.39. The van der Waals surface area contributed by atoms with Crippen molar-refractivity contribution in [2.75, 3.05) is 13.7 Å². The molecule has 0 radical (unpaired) electrons. The van der Waals surface area contributed by atoms with Crippen LogP contribution < -0.4 is 20.1 Å². The maximum absolute atomic E-state index is 12.6. The Morgan fingerprint density at radius 2 is 1.85 bits per heavy atom. The normalized spacial score (nSPS) is 10.9. The van der Waals surface area contributed by atoms with Gasteiger partial charge in [0.1, 0.15) is 11.5 Å². The third kappa shape index (κ3) is 7.98. The number of benzene rings is 2. The van der Waals surface area contributed by atoms with Gasteiger partial charge in [0.05, 0.1) is 13.7 Å². The minimum Gasteiger partial charge on any atom is -0.497 e. The zero-order valence-electron chi connectivity index (χ0n) is 15.2. The Bertz CT molecular complexity index is 715. The van der Waals surface area contributed by atoms with Crippen molar-refractivity contribution < 1.29 is 18.3 Å². The van der Waals surface area contributed by atoms with Crippen molar-refractivity contribution in [3.63, 3.8) is 0 Å². The zero-order chi connectivity index (χ0) is 18.8. The van der Waals surface area contributed by atoms with Crippen LogP contribution in [0.2, 0.25) is 0 Å². The van der Waals surface area contributed by atoms with Gasteiger partial charge >= 0.3 is 6.61 Å². The Kier molecular flexibility index (Phi) is 10.5. The summed E-state index contributed by atoms with van der Waals surface area (Å²) < 4.78 is 34.9. The largest absolute Gasteiger partial charge is 0.497 e. The molecule has 0 unspecified atom stereocenters. The van der Waals surface area contributed by atoms with E-state index in [2.05, 4.69) is 20.4 Å². The van der Waals surface area contributed by atoms with Crippen molar-refractivity contribution in [3.05, 3.63) is 59.7 Å². The Balaban J connectivity index is 0.00000364. The van der Waals surface area contributed by atoms with Crippen LogP contribution in [0.1, 0.15) is 18.1 Å². The molecule has 148 valence electrons. The summed E-state index contributed by atoms with van der Waals surface area (Å²) >= 11 is 0. The Morgan fingerprint density at radius 3 is 2.48 bits per heavy atom. The van der Waals surface area contributed by atoms with Gasteiger partial charge in [0.2, 0.25) is 0 Å². The van der Waals surface area contributed by atoms with Crippen LogP contribution in [0.4, 0.5) is 8.78 Å². The van der Waals surface area contributed by atoms with Gasteiger partial charge in [-0.15, -0.1) is 24.0 Å². The van der Waals surface area contributed by atoms with Crippen molar-refractivity contribution >= 4 is 29.9 Å². The molecule has 0 aliphatic rings. The van der Waals surface area contributed by atoms with Crippen molar-refractivity contribution in [2.24, 2.45) is 4.99 Å². The van der Waals surface area contributed by atoms with Gasteiger partial charge in [-0.3, -0.25) is 0 Å². The molecule has 0 heterocycles. The lowest BCUT2D eigenvalue weighted by Crippen LogP contribution is -2.36. The van der Waals surface area contributed by atoms with E-state index in [1.54, 1.807) is 12.1 Å². The zero-order valence-corrected chi connectivity index (χ0v) is 17.6. The van der Waals surface area contributed by atoms with E-state index >= 15 is 0 Å². The number of rotatable bonds is 8. The van der Waals surface area contributed by atoms with E-state index in [4.69, 9.17) is 4.74 Å². The number of halogens is 3. The number of hydrogen-bond acceptors (Lipinski definition) is 3. The van der Waals surface area contributed by atoms with E-state index in [-0.39, 0.29) is 36.3 Å². The number of alkyl halides is 2. The highest BCUT2D eigenvalue weighted by molar-refractivity contribution is 14.0. The second kappa shape index (κ2) is 12.3. The molecule has 0 amide bonds. The highest BCUT2D eigenvalue weighted by Gasteiger charge is 2.11. The minimum atomic E-state index is -2.89. The minimum absolute atomic E-state index is 0. The molecule has 2 aromatic rings. The van der Waals surface area contributed by atoms with Crippen LogP contribution in [0.3, 0.4) is 0 Å². The van der Waals surface area contributed by atoms with Crippen LogP contribution in [0.15, 0.2) is 53.5 Å². The molecule has 0 saturated carbocycles. The molecule has 0 atom stereocenters. The van der Waals surface area contributed by atoms with E-state index in [1.807, 2.05) is 37.3 Å². The van der Waals surface area contributed by atoms with Crippen molar-refractivity contribution in [2.45, 2.75) is 26.6 Å². The molecular formula is C19H24F2IN3O2. The highest BCUT2D eigenvalue weighted by atomic mass is 127. The van der Waals surface area contributed by atoms with Gasteiger partial charge in [0.15, 0.2) is 5.96 Å². The number of guanidine groups is 1. The second-order valence-electron chi connectivity index (χ2n) is 5.39. The molecular weight excluding hydrogens is 467 g/mol. The molecule has 27 heavy (non-hydrogen) atoms. The quantitative estimate of drug-likeness (QED) is 0.331. The summed E-state index contributed by atoms with van der Waals surface area (Å²) in [5, 5.41) is 6.26. The van der Waals surface area contributed by atoms with Crippen LogP contribution in [0.25, 0.3) is 0 Å². The molecule has 0 aliphatic heterocycles. The molecule has 0 aromatic heterocycles. The number of nitrogens with zero attached hydrogens (tertiary/aromatic N) is 1. The van der Waals surface area contributed by atoms with Crippen LogP contribution in [-0.4, -0.2) is 26.2 Å². The lowest BCUT2D eigenvalue weighted by molar-refractivity contribution is -0.0504. The van der Waals surface area contributed by atoms with E-state index in [0.717, 1.165) is 5.56 Å². The molecule has 8 heteroatoms. The number of aliphatic imine (C=N–C) groups is 1.